The molecule has 1 aromatic carbocycles. The van der Waals surface area contributed by atoms with Crippen molar-refractivity contribution in [1.29, 1.82) is 0 Å². The molecule has 2 N–H and O–H groups in total. The molecule has 0 unspecified atom stereocenters. The minimum absolute atomic E-state index is 0.0633. The molecule has 0 fully saturated rings. The Hall–Kier alpha value is -2.36. The Labute approximate surface area is 129 Å². The fraction of sp³-hybridized carbons (Fsp3) is 0.333. The first-order chi connectivity index (χ1) is 10.4. The zero-order valence-electron chi connectivity index (χ0n) is 13.2. The first-order valence-electron chi connectivity index (χ1n) is 7.59. The maximum atomic E-state index is 11.9. The molecule has 22 heavy (non-hydrogen) atoms. The van der Waals surface area contributed by atoms with Crippen LogP contribution in [0.4, 0.5) is 0 Å². The van der Waals surface area contributed by atoms with Crippen molar-refractivity contribution in [2.45, 2.75) is 39.2 Å². The van der Waals surface area contributed by atoms with E-state index < -0.39 is 0 Å². The molecule has 2 heterocycles. The fourth-order valence-electron chi connectivity index (χ4n) is 2.65. The number of carbonyl (C=O) groups excluding carboxylic acids is 1. The first-order valence-corrected chi connectivity index (χ1v) is 7.59. The molecule has 0 radical (unpaired) electrons. The number of H-pyrrole nitrogens is 1. The number of nitrogens with zero attached hydrogens (tertiary/aromatic N) is 1. The van der Waals surface area contributed by atoms with Gasteiger partial charge in [0.1, 0.15) is 0 Å². The second-order valence-corrected chi connectivity index (χ2v) is 6.69. The Bertz CT molecular complexity index is 827. The highest BCUT2D eigenvalue weighted by Crippen LogP contribution is 2.25. The molecule has 0 saturated carbocycles. The lowest BCUT2D eigenvalue weighted by atomic mass is 10.1. The van der Waals surface area contributed by atoms with Gasteiger partial charge in [0, 0.05) is 33.9 Å². The van der Waals surface area contributed by atoms with Crippen LogP contribution in [0.15, 0.2) is 36.5 Å². The molecule has 0 aliphatic heterocycles. The number of para-hydroxylation sites is 1. The van der Waals surface area contributed by atoms with Gasteiger partial charge >= 0.3 is 0 Å². The van der Waals surface area contributed by atoms with Crippen molar-refractivity contribution in [3.05, 3.63) is 42.2 Å². The number of aryl methyl sites for hydroxylation is 1. The highest BCUT2D eigenvalue weighted by molar-refractivity contribution is 6.06. The summed E-state index contributed by atoms with van der Waals surface area (Å²) in [5.74, 6) is 0.0633. The van der Waals surface area contributed by atoms with Crippen LogP contribution in [0.25, 0.3) is 21.8 Å². The first kappa shape index (κ1) is 14.6. The van der Waals surface area contributed by atoms with Crippen molar-refractivity contribution in [3.63, 3.8) is 0 Å². The smallest absolute Gasteiger partial charge is 0.220 e. The van der Waals surface area contributed by atoms with Gasteiger partial charge in [-0.05, 0) is 39.3 Å². The Kier molecular flexibility index (Phi) is 3.61. The summed E-state index contributed by atoms with van der Waals surface area (Å²) in [5.41, 5.74) is 2.90. The zero-order chi connectivity index (χ0) is 15.7. The quantitative estimate of drug-likeness (QED) is 0.776. The molecule has 0 saturated heterocycles. The number of aromatic nitrogens is 2. The van der Waals surface area contributed by atoms with Crippen LogP contribution in [0.3, 0.4) is 0 Å². The third-order valence-corrected chi connectivity index (χ3v) is 3.57. The average molecular weight is 295 g/mol. The van der Waals surface area contributed by atoms with Crippen molar-refractivity contribution in [3.8, 4) is 0 Å². The summed E-state index contributed by atoms with van der Waals surface area (Å²) in [4.78, 5) is 19.7. The molecule has 4 heteroatoms. The molecule has 114 valence electrons. The van der Waals surface area contributed by atoms with Crippen LogP contribution in [0.2, 0.25) is 0 Å². The molecule has 0 bridgehead atoms. The van der Waals surface area contributed by atoms with Gasteiger partial charge in [-0.15, -0.1) is 0 Å². The molecule has 0 spiro atoms. The SMILES string of the molecule is CC(C)(C)NC(=O)CCc1cc2c(cn1)[nH]c1ccccc12. The van der Waals surface area contributed by atoms with E-state index in [1.54, 1.807) is 0 Å². The molecule has 1 amide bonds. The lowest BCUT2D eigenvalue weighted by molar-refractivity contribution is -0.122. The van der Waals surface area contributed by atoms with Crippen molar-refractivity contribution < 1.29 is 4.79 Å². The Morgan fingerprint density at radius 2 is 1.95 bits per heavy atom. The summed E-state index contributed by atoms with van der Waals surface area (Å²) in [7, 11) is 0. The molecule has 0 atom stereocenters. The van der Waals surface area contributed by atoms with E-state index in [1.165, 1.54) is 5.39 Å². The van der Waals surface area contributed by atoms with Crippen LogP contribution in [-0.4, -0.2) is 21.4 Å². The van der Waals surface area contributed by atoms with Crippen LogP contribution in [0.1, 0.15) is 32.9 Å². The number of pyridine rings is 1. The van der Waals surface area contributed by atoms with Gasteiger partial charge in [-0.2, -0.15) is 0 Å². The normalized spacial score (nSPS) is 12.0. The number of hydrogen-bond acceptors (Lipinski definition) is 2. The van der Waals surface area contributed by atoms with Gasteiger partial charge in [0.05, 0.1) is 11.7 Å². The van der Waals surface area contributed by atoms with Gasteiger partial charge < -0.3 is 10.3 Å². The Balaban J connectivity index is 1.80. The molecular weight excluding hydrogens is 274 g/mol. The fourth-order valence-corrected chi connectivity index (χ4v) is 2.65. The zero-order valence-corrected chi connectivity index (χ0v) is 13.2. The van der Waals surface area contributed by atoms with E-state index in [9.17, 15) is 4.79 Å². The van der Waals surface area contributed by atoms with E-state index in [2.05, 4.69) is 33.5 Å². The molecule has 4 nitrogen and oxygen atoms in total. The number of rotatable bonds is 3. The topological polar surface area (TPSA) is 57.8 Å². The highest BCUT2D eigenvalue weighted by Gasteiger charge is 2.14. The maximum Gasteiger partial charge on any atom is 0.220 e. The van der Waals surface area contributed by atoms with Crippen molar-refractivity contribution in [2.24, 2.45) is 0 Å². The lowest BCUT2D eigenvalue weighted by Crippen LogP contribution is -2.40. The van der Waals surface area contributed by atoms with E-state index >= 15 is 0 Å². The van der Waals surface area contributed by atoms with Gasteiger partial charge in [0.15, 0.2) is 0 Å². The molecule has 3 rings (SSSR count). The third kappa shape index (κ3) is 3.11. The van der Waals surface area contributed by atoms with Crippen LogP contribution in [-0.2, 0) is 11.2 Å². The van der Waals surface area contributed by atoms with E-state index in [4.69, 9.17) is 0 Å². The van der Waals surface area contributed by atoms with Gasteiger partial charge in [0.2, 0.25) is 5.91 Å². The minimum Gasteiger partial charge on any atom is -0.353 e. The average Bonchev–Trinajstić information content (AvgIpc) is 2.81. The molecule has 0 aliphatic carbocycles. The van der Waals surface area contributed by atoms with Crippen LogP contribution in [0.5, 0.6) is 0 Å². The standard InChI is InChI=1S/C18H21N3O/c1-18(2,3)21-17(22)9-8-12-10-14-13-6-4-5-7-15(13)20-16(14)11-19-12/h4-7,10-11,20H,8-9H2,1-3H3,(H,21,22). The Morgan fingerprint density at radius 1 is 1.18 bits per heavy atom. The number of aromatic amines is 1. The molecular formula is C18H21N3O. The van der Waals surface area contributed by atoms with Gasteiger partial charge in [-0.3, -0.25) is 9.78 Å². The van der Waals surface area contributed by atoms with Gasteiger partial charge in [0.25, 0.3) is 0 Å². The summed E-state index contributed by atoms with van der Waals surface area (Å²) in [6.07, 6.45) is 2.96. The number of hydrogen-bond donors (Lipinski definition) is 2. The summed E-state index contributed by atoms with van der Waals surface area (Å²) >= 11 is 0. The van der Waals surface area contributed by atoms with Gasteiger partial charge in [-0.1, -0.05) is 18.2 Å². The third-order valence-electron chi connectivity index (χ3n) is 3.57. The van der Waals surface area contributed by atoms with Crippen LogP contribution >= 0.6 is 0 Å². The molecule has 3 aromatic rings. The monoisotopic (exact) mass is 295 g/mol. The van der Waals surface area contributed by atoms with Crippen molar-refractivity contribution in [2.75, 3.05) is 0 Å². The summed E-state index contributed by atoms with van der Waals surface area (Å²) in [5, 5.41) is 5.34. The number of fused-ring (bicyclic) bond motifs is 3. The second-order valence-electron chi connectivity index (χ2n) is 6.69. The molecule has 2 aromatic heterocycles. The largest absolute Gasteiger partial charge is 0.353 e. The minimum atomic E-state index is -0.189. The van der Waals surface area contributed by atoms with Crippen LogP contribution < -0.4 is 5.32 Å². The van der Waals surface area contributed by atoms with E-state index in [0.29, 0.717) is 12.8 Å². The number of carbonyl (C=O) groups is 1. The Morgan fingerprint density at radius 3 is 2.73 bits per heavy atom. The molecule has 0 aliphatic rings. The highest BCUT2D eigenvalue weighted by atomic mass is 16.1. The van der Waals surface area contributed by atoms with Crippen molar-refractivity contribution >= 4 is 27.7 Å². The van der Waals surface area contributed by atoms with Gasteiger partial charge in [-0.25, -0.2) is 0 Å². The second kappa shape index (κ2) is 5.44. The summed E-state index contributed by atoms with van der Waals surface area (Å²) in [6.45, 7) is 5.96. The summed E-state index contributed by atoms with van der Waals surface area (Å²) in [6, 6.07) is 10.3. The summed E-state index contributed by atoms with van der Waals surface area (Å²) < 4.78 is 0. The van der Waals surface area contributed by atoms with Crippen molar-refractivity contribution in [1.82, 2.24) is 15.3 Å². The predicted molar refractivity (Wildman–Crippen MR) is 89.8 cm³/mol. The van der Waals surface area contributed by atoms with Crippen LogP contribution in [0, 0.1) is 0 Å². The van der Waals surface area contributed by atoms with E-state index in [-0.39, 0.29) is 11.4 Å². The number of amides is 1. The number of benzene rings is 1. The maximum absolute atomic E-state index is 11.9. The number of nitrogens with one attached hydrogen (secondary N) is 2. The lowest BCUT2D eigenvalue weighted by Gasteiger charge is -2.20. The predicted octanol–water partition coefficient (Wildman–Crippen LogP) is 3.56. The van der Waals surface area contributed by atoms with E-state index in [0.717, 1.165) is 22.1 Å². The van der Waals surface area contributed by atoms with E-state index in [1.807, 2.05) is 39.1 Å².